The van der Waals surface area contributed by atoms with E-state index in [-0.39, 0.29) is 36.3 Å². The number of hydrogen-bond acceptors (Lipinski definition) is 0. The van der Waals surface area contributed by atoms with Gasteiger partial charge in [-0.1, -0.05) is 152 Å². The van der Waals surface area contributed by atoms with Gasteiger partial charge in [-0.2, -0.15) is 0 Å². The van der Waals surface area contributed by atoms with Crippen molar-refractivity contribution in [1.29, 1.82) is 0 Å². The van der Waals surface area contributed by atoms with E-state index in [2.05, 4.69) is 48.5 Å². The molecule has 186 valence electrons. The molecule has 0 nitrogen and oxygen atoms in total. The standard InChI is InChI=1S/C40H26/c1-2-13-28(14-3-1)39-35-16-6-8-18-37(35)40(38-19-9-7-17-36(38)39)34-23-11-21-32-31(20-10-22-33(32)34)30-25-24-27-12-4-5-15-29(27)26-30/h1-26H/i2D,6D,8D,13D,16D,18D. The SMILES string of the molecule is [2H]c1cccc(-c2c3ccccc3c(-c3cccc4c(-c5ccc6ccccc6c5)cccc34)c3c([2H])c([2H])c([2H])c([2H])c23)c1[2H]. The Morgan fingerprint density at radius 1 is 0.350 bits per heavy atom. The maximum atomic E-state index is 9.23. The Bertz CT molecular complexity index is 2550. The average Bonchev–Trinajstić information content (AvgIpc) is 3.09. The van der Waals surface area contributed by atoms with Crippen LogP contribution in [-0.4, -0.2) is 0 Å². The van der Waals surface area contributed by atoms with Gasteiger partial charge in [-0.3, -0.25) is 0 Å². The molecule has 8 aromatic carbocycles. The molecule has 0 amide bonds. The van der Waals surface area contributed by atoms with Gasteiger partial charge in [0.15, 0.2) is 0 Å². The normalized spacial score (nSPS) is 13.6. The predicted octanol–water partition coefficient (Wildman–Crippen LogP) is 11.3. The van der Waals surface area contributed by atoms with Crippen LogP contribution in [0.4, 0.5) is 0 Å². The first-order valence-electron chi connectivity index (χ1n) is 16.4. The molecule has 0 unspecified atom stereocenters. The Hall–Kier alpha value is -5.20. The van der Waals surface area contributed by atoms with Crippen molar-refractivity contribution < 1.29 is 8.22 Å². The van der Waals surface area contributed by atoms with Crippen LogP contribution in [0.5, 0.6) is 0 Å². The first kappa shape index (κ1) is 17.4. The average molecular weight is 513 g/mol. The van der Waals surface area contributed by atoms with Crippen molar-refractivity contribution in [3.8, 4) is 33.4 Å². The topological polar surface area (TPSA) is 0 Å². The molecule has 0 heteroatoms. The number of benzene rings is 8. The summed E-state index contributed by atoms with van der Waals surface area (Å²) in [5, 5.41) is 6.65. The van der Waals surface area contributed by atoms with Crippen LogP contribution in [0.2, 0.25) is 0 Å². The second kappa shape index (κ2) is 9.22. The van der Waals surface area contributed by atoms with Crippen LogP contribution in [0.1, 0.15) is 8.22 Å². The molecule has 8 aromatic rings. The van der Waals surface area contributed by atoms with E-state index in [4.69, 9.17) is 6.85 Å². The summed E-state index contributed by atoms with van der Waals surface area (Å²) < 4.78 is 52.9. The van der Waals surface area contributed by atoms with Crippen molar-refractivity contribution in [2.24, 2.45) is 0 Å². The summed E-state index contributed by atoms with van der Waals surface area (Å²) in [4.78, 5) is 0. The monoisotopic (exact) mass is 512 g/mol. The summed E-state index contributed by atoms with van der Waals surface area (Å²) in [6.07, 6.45) is 0. The highest BCUT2D eigenvalue weighted by Crippen LogP contribution is 2.46. The lowest BCUT2D eigenvalue weighted by Crippen LogP contribution is -1.92. The van der Waals surface area contributed by atoms with Crippen LogP contribution in [0.25, 0.3) is 76.5 Å². The molecule has 0 saturated carbocycles. The molecule has 40 heavy (non-hydrogen) atoms. The van der Waals surface area contributed by atoms with Crippen molar-refractivity contribution in [3.05, 3.63) is 158 Å². The zero-order valence-corrected chi connectivity index (χ0v) is 21.5. The van der Waals surface area contributed by atoms with Crippen molar-refractivity contribution in [2.75, 3.05) is 0 Å². The molecule has 0 spiro atoms. The summed E-state index contributed by atoms with van der Waals surface area (Å²) in [6.45, 7) is 0. The highest BCUT2D eigenvalue weighted by molar-refractivity contribution is 6.24. The summed E-state index contributed by atoms with van der Waals surface area (Å²) in [6, 6.07) is 39.1. The maximum Gasteiger partial charge on any atom is 0.0629 e. The van der Waals surface area contributed by atoms with Crippen LogP contribution in [0, 0.1) is 0 Å². The molecule has 0 aromatic heterocycles. The van der Waals surface area contributed by atoms with Gasteiger partial charge in [0.05, 0.1) is 8.22 Å². The molecule has 0 bridgehead atoms. The lowest BCUT2D eigenvalue weighted by Gasteiger charge is -2.19. The lowest BCUT2D eigenvalue weighted by atomic mass is 9.84. The number of rotatable bonds is 3. The minimum Gasteiger partial charge on any atom is -0.0622 e. The predicted molar refractivity (Wildman–Crippen MR) is 173 cm³/mol. The van der Waals surface area contributed by atoms with Gasteiger partial charge in [-0.25, -0.2) is 0 Å². The fraction of sp³-hybridized carbons (Fsp3) is 0. The Kier molecular flexibility index (Phi) is 4.01. The smallest absolute Gasteiger partial charge is 0.0622 e. The number of hydrogen-bond donors (Lipinski definition) is 0. The van der Waals surface area contributed by atoms with Crippen LogP contribution in [0.15, 0.2) is 158 Å². The van der Waals surface area contributed by atoms with E-state index in [9.17, 15) is 1.37 Å². The second-order valence-corrected chi connectivity index (χ2v) is 10.0. The van der Waals surface area contributed by atoms with Gasteiger partial charge in [0.25, 0.3) is 0 Å². The van der Waals surface area contributed by atoms with E-state index < -0.39 is 0 Å². The highest BCUT2D eigenvalue weighted by atomic mass is 14.2. The largest absolute Gasteiger partial charge is 0.0629 e. The first-order valence-corrected chi connectivity index (χ1v) is 13.4. The van der Waals surface area contributed by atoms with Crippen LogP contribution in [0.3, 0.4) is 0 Å². The molecule has 0 saturated heterocycles. The van der Waals surface area contributed by atoms with Gasteiger partial charge in [-0.05, 0) is 82.5 Å². The molecule has 0 N–H and O–H groups in total. The molecule has 0 atom stereocenters. The van der Waals surface area contributed by atoms with E-state index in [1.807, 2.05) is 54.6 Å². The lowest BCUT2D eigenvalue weighted by molar-refractivity contribution is 1.65. The van der Waals surface area contributed by atoms with Crippen LogP contribution < -0.4 is 0 Å². The van der Waals surface area contributed by atoms with E-state index in [1.165, 1.54) is 5.39 Å². The second-order valence-electron chi connectivity index (χ2n) is 10.0. The third kappa shape index (κ3) is 3.54. The summed E-state index contributed by atoms with van der Waals surface area (Å²) in [7, 11) is 0. The fourth-order valence-corrected chi connectivity index (χ4v) is 6.07. The van der Waals surface area contributed by atoms with Gasteiger partial charge in [0.1, 0.15) is 0 Å². The van der Waals surface area contributed by atoms with Gasteiger partial charge < -0.3 is 0 Å². The first-order chi connectivity index (χ1) is 22.3. The third-order valence-corrected chi connectivity index (χ3v) is 7.82. The van der Waals surface area contributed by atoms with Crippen molar-refractivity contribution in [1.82, 2.24) is 0 Å². The van der Waals surface area contributed by atoms with Gasteiger partial charge in [0, 0.05) is 0 Å². The van der Waals surface area contributed by atoms with Crippen LogP contribution in [-0.2, 0) is 0 Å². The third-order valence-electron chi connectivity index (χ3n) is 7.82. The molecule has 0 aliphatic rings. The Morgan fingerprint density at radius 3 is 1.80 bits per heavy atom. The Balaban J connectivity index is 1.54. The van der Waals surface area contributed by atoms with Gasteiger partial charge >= 0.3 is 0 Å². The zero-order chi connectivity index (χ0) is 31.7. The molecule has 0 heterocycles. The highest BCUT2D eigenvalue weighted by Gasteiger charge is 2.18. The minimum atomic E-state index is -0.329. The molecule has 0 fully saturated rings. The maximum absolute atomic E-state index is 9.23. The van der Waals surface area contributed by atoms with Gasteiger partial charge in [-0.15, -0.1) is 0 Å². The number of fused-ring (bicyclic) bond motifs is 4. The summed E-state index contributed by atoms with van der Waals surface area (Å²) in [5.74, 6) is 0. The molecule has 0 aliphatic heterocycles. The quantitative estimate of drug-likeness (QED) is 0.207. The van der Waals surface area contributed by atoms with E-state index in [0.29, 0.717) is 21.9 Å². The Labute approximate surface area is 242 Å². The molecular weight excluding hydrogens is 480 g/mol. The fourth-order valence-electron chi connectivity index (χ4n) is 6.07. The minimum absolute atomic E-state index is 0.0132. The van der Waals surface area contributed by atoms with Gasteiger partial charge in [0.2, 0.25) is 0 Å². The molecule has 0 aliphatic carbocycles. The van der Waals surface area contributed by atoms with Crippen LogP contribution >= 0.6 is 0 Å². The van der Waals surface area contributed by atoms with E-state index in [0.717, 1.165) is 49.2 Å². The van der Waals surface area contributed by atoms with Crippen molar-refractivity contribution >= 4 is 43.1 Å². The van der Waals surface area contributed by atoms with E-state index in [1.54, 1.807) is 18.2 Å². The van der Waals surface area contributed by atoms with E-state index >= 15 is 0 Å². The van der Waals surface area contributed by atoms with Crippen molar-refractivity contribution in [3.63, 3.8) is 0 Å². The molecular formula is C40H26. The summed E-state index contributed by atoms with van der Waals surface area (Å²) in [5.41, 5.74) is 4.74. The molecule has 0 radical (unpaired) electrons. The summed E-state index contributed by atoms with van der Waals surface area (Å²) >= 11 is 0. The zero-order valence-electron chi connectivity index (χ0n) is 27.5. The Morgan fingerprint density at radius 2 is 0.975 bits per heavy atom. The van der Waals surface area contributed by atoms with Crippen molar-refractivity contribution in [2.45, 2.75) is 0 Å². The molecule has 8 rings (SSSR count).